The Balaban J connectivity index is 2.49. The Labute approximate surface area is 110 Å². The van der Waals surface area contributed by atoms with E-state index < -0.39 is 30.5 Å². The van der Waals surface area contributed by atoms with Crippen LogP contribution in [0.25, 0.3) is 0 Å². The van der Waals surface area contributed by atoms with E-state index in [2.05, 4.69) is 12.2 Å². The molecule has 1 aliphatic rings. The van der Waals surface area contributed by atoms with E-state index in [0.29, 0.717) is 5.92 Å². The first-order chi connectivity index (χ1) is 8.26. The van der Waals surface area contributed by atoms with Crippen LogP contribution in [0.4, 0.5) is 13.2 Å². The minimum absolute atomic E-state index is 0.259. The molecule has 0 aliphatic heterocycles. The molecule has 1 saturated carbocycles. The summed E-state index contributed by atoms with van der Waals surface area (Å²) in [4.78, 5) is 11.6. The van der Waals surface area contributed by atoms with Crippen LogP contribution in [-0.2, 0) is 4.79 Å². The first-order valence-electron chi connectivity index (χ1n) is 6.20. The first-order valence-corrected chi connectivity index (χ1v) is 6.73. The lowest BCUT2D eigenvalue weighted by Crippen LogP contribution is -2.52. The zero-order valence-corrected chi connectivity index (χ0v) is 11.2. The lowest BCUT2D eigenvalue weighted by atomic mass is 9.77. The number of nitrogens with one attached hydrogen (secondary N) is 1. The van der Waals surface area contributed by atoms with Crippen LogP contribution in [0.15, 0.2) is 0 Å². The van der Waals surface area contributed by atoms with Gasteiger partial charge in [-0.05, 0) is 18.8 Å². The molecule has 0 heterocycles. The number of carbonyl (C=O) groups excluding carboxylic acids is 1. The summed E-state index contributed by atoms with van der Waals surface area (Å²) >= 11 is 5.90. The predicted molar refractivity (Wildman–Crippen MR) is 64.5 cm³/mol. The molecule has 2 atom stereocenters. The average molecular weight is 286 g/mol. The molecule has 0 saturated heterocycles. The van der Waals surface area contributed by atoms with E-state index in [1.54, 1.807) is 0 Å². The van der Waals surface area contributed by atoms with Gasteiger partial charge in [-0.3, -0.25) is 4.79 Å². The van der Waals surface area contributed by atoms with E-state index in [4.69, 9.17) is 11.6 Å². The minimum atomic E-state index is -4.29. The number of rotatable bonds is 4. The van der Waals surface area contributed by atoms with Crippen LogP contribution in [0.2, 0.25) is 0 Å². The van der Waals surface area contributed by atoms with Crippen molar-refractivity contribution in [1.29, 1.82) is 0 Å². The molecular weight excluding hydrogens is 267 g/mol. The molecule has 0 aromatic rings. The number of hydrogen-bond donors (Lipinski definition) is 1. The van der Waals surface area contributed by atoms with Gasteiger partial charge >= 0.3 is 6.18 Å². The number of alkyl halides is 4. The number of halogens is 4. The highest BCUT2D eigenvalue weighted by Crippen LogP contribution is 2.33. The van der Waals surface area contributed by atoms with Crippen molar-refractivity contribution in [3.8, 4) is 0 Å². The normalized spacial score (nSPS) is 29.1. The molecule has 18 heavy (non-hydrogen) atoms. The van der Waals surface area contributed by atoms with Crippen LogP contribution in [0.3, 0.4) is 0 Å². The summed E-state index contributed by atoms with van der Waals surface area (Å²) in [6.45, 7) is 2.07. The molecule has 1 fully saturated rings. The van der Waals surface area contributed by atoms with Crippen molar-refractivity contribution >= 4 is 17.5 Å². The Morgan fingerprint density at radius 3 is 2.67 bits per heavy atom. The maximum atomic E-state index is 12.0. The Morgan fingerprint density at radius 2 is 2.17 bits per heavy atom. The maximum Gasteiger partial charge on any atom is 0.389 e. The summed E-state index contributed by atoms with van der Waals surface area (Å²) in [7, 11) is 0. The second-order valence-corrected chi connectivity index (χ2v) is 5.55. The smallest absolute Gasteiger partial charge is 0.349 e. The van der Waals surface area contributed by atoms with Gasteiger partial charge in [0.1, 0.15) is 0 Å². The Bertz CT molecular complexity index is 296. The van der Waals surface area contributed by atoms with Crippen molar-refractivity contribution in [2.75, 3.05) is 5.88 Å². The second-order valence-electron chi connectivity index (χ2n) is 5.28. The predicted octanol–water partition coefficient (Wildman–Crippen LogP) is 3.63. The van der Waals surface area contributed by atoms with Crippen molar-refractivity contribution in [2.45, 2.75) is 57.2 Å². The van der Waals surface area contributed by atoms with E-state index >= 15 is 0 Å². The molecule has 0 aromatic carbocycles. The number of amides is 1. The second kappa shape index (κ2) is 6.13. The van der Waals surface area contributed by atoms with E-state index in [-0.39, 0.29) is 5.88 Å². The molecule has 1 N–H and O–H groups in total. The monoisotopic (exact) mass is 285 g/mol. The summed E-state index contributed by atoms with van der Waals surface area (Å²) in [5.74, 6) is 0.150. The third-order valence-electron chi connectivity index (χ3n) is 3.39. The molecule has 1 rings (SSSR count). The zero-order chi connectivity index (χ0) is 13.8. The summed E-state index contributed by atoms with van der Waals surface area (Å²) < 4.78 is 36.1. The molecule has 2 nitrogen and oxygen atoms in total. The topological polar surface area (TPSA) is 29.1 Å². The van der Waals surface area contributed by atoms with Gasteiger partial charge in [-0.25, -0.2) is 0 Å². The average Bonchev–Trinajstić information content (AvgIpc) is 2.25. The molecule has 106 valence electrons. The van der Waals surface area contributed by atoms with Gasteiger partial charge < -0.3 is 5.32 Å². The lowest BCUT2D eigenvalue weighted by Gasteiger charge is -2.39. The SMILES string of the molecule is CC1CCCC(CCl)(NC(=O)CCC(F)(F)F)C1. The molecule has 0 bridgehead atoms. The first kappa shape index (κ1) is 15.6. The highest BCUT2D eigenvalue weighted by atomic mass is 35.5. The molecule has 0 radical (unpaired) electrons. The van der Waals surface area contributed by atoms with Crippen molar-refractivity contribution in [3.63, 3.8) is 0 Å². The van der Waals surface area contributed by atoms with Crippen LogP contribution < -0.4 is 5.32 Å². The molecular formula is C12H19ClF3NO. The number of carbonyl (C=O) groups is 1. The largest absolute Gasteiger partial charge is 0.389 e. The fourth-order valence-corrected chi connectivity index (χ4v) is 2.85. The Kier molecular flexibility index (Phi) is 5.32. The van der Waals surface area contributed by atoms with E-state index in [1.165, 1.54) is 0 Å². The van der Waals surface area contributed by atoms with E-state index in [0.717, 1.165) is 25.7 Å². The summed E-state index contributed by atoms with van der Waals surface area (Å²) in [6.07, 6.45) is -2.36. The van der Waals surface area contributed by atoms with Crippen molar-refractivity contribution in [2.24, 2.45) is 5.92 Å². The lowest BCUT2D eigenvalue weighted by molar-refractivity contribution is -0.145. The molecule has 2 unspecified atom stereocenters. The third kappa shape index (κ3) is 5.04. The fourth-order valence-electron chi connectivity index (χ4n) is 2.54. The molecule has 1 aliphatic carbocycles. The van der Waals surface area contributed by atoms with Crippen molar-refractivity contribution in [1.82, 2.24) is 5.32 Å². The van der Waals surface area contributed by atoms with Gasteiger partial charge in [0.05, 0.1) is 12.0 Å². The number of hydrogen-bond acceptors (Lipinski definition) is 1. The van der Waals surface area contributed by atoms with Crippen LogP contribution >= 0.6 is 11.6 Å². The van der Waals surface area contributed by atoms with Gasteiger partial charge in [0, 0.05) is 12.3 Å². The maximum absolute atomic E-state index is 12.0. The van der Waals surface area contributed by atoms with E-state index in [9.17, 15) is 18.0 Å². The van der Waals surface area contributed by atoms with Gasteiger partial charge in [0.2, 0.25) is 5.91 Å². The Hall–Kier alpha value is -0.450. The fraction of sp³-hybridized carbons (Fsp3) is 0.917. The highest BCUT2D eigenvalue weighted by Gasteiger charge is 2.36. The van der Waals surface area contributed by atoms with Crippen molar-refractivity contribution in [3.05, 3.63) is 0 Å². The van der Waals surface area contributed by atoms with Crippen LogP contribution in [-0.4, -0.2) is 23.5 Å². The van der Waals surface area contributed by atoms with Gasteiger partial charge in [-0.1, -0.05) is 19.8 Å². The summed E-state index contributed by atoms with van der Waals surface area (Å²) in [5.41, 5.74) is -0.512. The molecule has 0 spiro atoms. The Morgan fingerprint density at radius 1 is 1.50 bits per heavy atom. The van der Waals surface area contributed by atoms with Gasteiger partial charge in [0.25, 0.3) is 0 Å². The van der Waals surface area contributed by atoms with E-state index in [1.807, 2.05) is 0 Å². The third-order valence-corrected chi connectivity index (χ3v) is 3.90. The molecule has 6 heteroatoms. The van der Waals surface area contributed by atoms with Crippen LogP contribution in [0.5, 0.6) is 0 Å². The zero-order valence-electron chi connectivity index (χ0n) is 10.4. The molecule has 0 aromatic heterocycles. The van der Waals surface area contributed by atoms with Gasteiger partial charge in [-0.2, -0.15) is 13.2 Å². The summed E-state index contributed by atoms with van der Waals surface area (Å²) in [6, 6.07) is 0. The highest BCUT2D eigenvalue weighted by molar-refractivity contribution is 6.18. The molecule has 1 amide bonds. The standard InChI is InChI=1S/C12H19ClF3NO/c1-9-3-2-5-11(7-9,8-13)17-10(18)4-6-12(14,15)16/h9H,2-8H2,1H3,(H,17,18). The quantitative estimate of drug-likeness (QED) is 0.785. The minimum Gasteiger partial charge on any atom is -0.349 e. The summed E-state index contributed by atoms with van der Waals surface area (Å²) in [5, 5.41) is 2.71. The van der Waals surface area contributed by atoms with Crippen LogP contribution in [0.1, 0.15) is 45.4 Å². The van der Waals surface area contributed by atoms with Gasteiger partial charge in [0.15, 0.2) is 0 Å². The van der Waals surface area contributed by atoms with Gasteiger partial charge in [-0.15, -0.1) is 11.6 Å². The van der Waals surface area contributed by atoms with Crippen molar-refractivity contribution < 1.29 is 18.0 Å². The van der Waals surface area contributed by atoms with Crippen LogP contribution in [0, 0.1) is 5.92 Å².